The summed E-state index contributed by atoms with van der Waals surface area (Å²) in [7, 11) is 0. The van der Waals surface area contributed by atoms with Gasteiger partial charge in [-0.3, -0.25) is 0 Å². The van der Waals surface area contributed by atoms with E-state index < -0.39 is 0 Å². The first-order chi connectivity index (χ1) is 5.95. The first-order valence-electron chi connectivity index (χ1n) is 4.34. The van der Waals surface area contributed by atoms with Gasteiger partial charge in [0.2, 0.25) is 0 Å². The Morgan fingerprint density at radius 2 is 2.25 bits per heavy atom. The van der Waals surface area contributed by atoms with Gasteiger partial charge in [0.15, 0.2) is 0 Å². The summed E-state index contributed by atoms with van der Waals surface area (Å²) in [6.45, 7) is 0.773. The SMILES string of the molecule is C1=CC2=C(C=CC3=CCOC32)C1. The predicted octanol–water partition coefficient (Wildman–Crippen LogP) is 2.14. The Bertz CT molecular complexity index is 342. The van der Waals surface area contributed by atoms with Crippen molar-refractivity contribution in [1.82, 2.24) is 0 Å². The third-order valence-electron chi connectivity index (χ3n) is 2.65. The van der Waals surface area contributed by atoms with Crippen LogP contribution in [0.3, 0.4) is 0 Å². The maximum atomic E-state index is 5.62. The first-order valence-corrected chi connectivity index (χ1v) is 4.34. The number of hydrogen-bond acceptors (Lipinski definition) is 1. The summed E-state index contributed by atoms with van der Waals surface area (Å²) in [6, 6.07) is 0. The molecule has 0 aromatic heterocycles. The highest BCUT2D eigenvalue weighted by molar-refractivity contribution is 5.54. The molecule has 60 valence electrons. The van der Waals surface area contributed by atoms with Gasteiger partial charge in [0.05, 0.1) is 6.61 Å². The number of rotatable bonds is 0. The van der Waals surface area contributed by atoms with Crippen molar-refractivity contribution in [3.8, 4) is 0 Å². The predicted molar refractivity (Wildman–Crippen MR) is 47.7 cm³/mol. The van der Waals surface area contributed by atoms with Crippen molar-refractivity contribution in [2.45, 2.75) is 12.5 Å². The van der Waals surface area contributed by atoms with Crippen LogP contribution in [-0.2, 0) is 4.74 Å². The monoisotopic (exact) mass is 158 g/mol. The van der Waals surface area contributed by atoms with E-state index in [1.807, 2.05) is 0 Å². The smallest absolute Gasteiger partial charge is 0.108 e. The zero-order chi connectivity index (χ0) is 7.97. The van der Waals surface area contributed by atoms with Crippen LogP contribution >= 0.6 is 0 Å². The molecule has 1 heteroatoms. The molecular weight excluding hydrogens is 148 g/mol. The van der Waals surface area contributed by atoms with E-state index in [4.69, 9.17) is 4.74 Å². The van der Waals surface area contributed by atoms with Crippen molar-refractivity contribution in [3.63, 3.8) is 0 Å². The lowest BCUT2D eigenvalue weighted by atomic mass is 9.94. The second-order valence-electron chi connectivity index (χ2n) is 3.34. The van der Waals surface area contributed by atoms with Crippen LogP contribution in [0.4, 0.5) is 0 Å². The van der Waals surface area contributed by atoms with Gasteiger partial charge in [-0.15, -0.1) is 0 Å². The van der Waals surface area contributed by atoms with E-state index in [0.29, 0.717) is 0 Å². The Morgan fingerprint density at radius 1 is 1.25 bits per heavy atom. The maximum Gasteiger partial charge on any atom is 0.108 e. The lowest BCUT2D eigenvalue weighted by molar-refractivity contribution is 0.151. The molecule has 0 N–H and O–H groups in total. The summed E-state index contributed by atoms with van der Waals surface area (Å²) in [5, 5.41) is 0. The number of hydrogen-bond donors (Lipinski definition) is 0. The van der Waals surface area contributed by atoms with Crippen LogP contribution in [0.2, 0.25) is 0 Å². The summed E-state index contributed by atoms with van der Waals surface area (Å²) in [6.07, 6.45) is 12.3. The zero-order valence-corrected chi connectivity index (χ0v) is 6.79. The van der Waals surface area contributed by atoms with Crippen molar-refractivity contribution in [2.75, 3.05) is 6.61 Å². The highest BCUT2D eigenvalue weighted by atomic mass is 16.5. The summed E-state index contributed by atoms with van der Waals surface area (Å²) >= 11 is 0. The van der Waals surface area contributed by atoms with Crippen molar-refractivity contribution in [2.24, 2.45) is 0 Å². The van der Waals surface area contributed by atoms with Crippen LogP contribution in [0.1, 0.15) is 6.42 Å². The van der Waals surface area contributed by atoms with Crippen LogP contribution in [0.15, 0.2) is 47.1 Å². The molecule has 1 atom stereocenters. The standard InChI is InChI=1S/C11H10O/c1-2-8-4-5-9-6-7-12-11(9)10(8)3-1/h1,3-6,11H,2,7H2. The lowest BCUT2D eigenvalue weighted by Gasteiger charge is -2.18. The highest BCUT2D eigenvalue weighted by Gasteiger charge is 2.27. The van der Waals surface area contributed by atoms with Crippen LogP contribution in [0, 0.1) is 0 Å². The van der Waals surface area contributed by atoms with Crippen molar-refractivity contribution >= 4 is 0 Å². The van der Waals surface area contributed by atoms with Crippen LogP contribution in [0.5, 0.6) is 0 Å². The Labute approximate surface area is 71.7 Å². The number of allylic oxidation sites excluding steroid dienone is 3. The third kappa shape index (κ3) is 0.718. The second-order valence-corrected chi connectivity index (χ2v) is 3.34. The molecule has 0 aromatic carbocycles. The van der Waals surface area contributed by atoms with Gasteiger partial charge < -0.3 is 4.74 Å². The van der Waals surface area contributed by atoms with Gasteiger partial charge in [-0.2, -0.15) is 0 Å². The molecule has 3 aliphatic rings. The van der Waals surface area contributed by atoms with Gasteiger partial charge in [-0.25, -0.2) is 0 Å². The van der Waals surface area contributed by atoms with Gasteiger partial charge in [-0.1, -0.05) is 30.4 Å². The molecule has 1 aliphatic heterocycles. The molecule has 0 saturated carbocycles. The fraction of sp³-hybridized carbons (Fsp3) is 0.273. The molecule has 1 heterocycles. The van der Waals surface area contributed by atoms with E-state index in [1.165, 1.54) is 16.7 Å². The first kappa shape index (κ1) is 6.44. The second kappa shape index (κ2) is 2.20. The summed E-state index contributed by atoms with van der Waals surface area (Å²) in [5.74, 6) is 0. The molecular formula is C11H10O. The van der Waals surface area contributed by atoms with Crippen LogP contribution in [-0.4, -0.2) is 12.7 Å². The summed E-state index contributed by atoms with van der Waals surface area (Å²) in [4.78, 5) is 0. The number of fused-ring (bicyclic) bond motifs is 2. The van der Waals surface area contributed by atoms with E-state index in [0.717, 1.165) is 13.0 Å². The fourth-order valence-electron chi connectivity index (χ4n) is 2.02. The Hall–Kier alpha value is -1.08. The molecule has 3 rings (SSSR count). The van der Waals surface area contributed by atoms with Crippen LogP contribution < -0.4 is 0 Å². The third-order valence-corrected chi connectivity index (χ3v) is 2.65. The van der Waals surface area contributed by atoms with E-state index in [9.17, 15) is 0 Å². The Balaban J connectivity index is 2.11. The molecule has 0 aromatic rings. The summed E-state index contributed by atoms with van der Waals surface area (Å²) in [5.41, 5.74) is 4.14. The van der Waals surface area contributed by atoms with E-state index in [-0.39, 0.29) is 6.10 Å². The van der Waals surface area contributed by atoms with Gasteiger partial charge in [0.25, 0.3) is 0 Å². The maximum absolute atomic E-state index is 5.62. The lowest BCUT2D eigenvalue weighted by Crippen LogP contribution is -2.14. The minimum Gasteiger partial charge on any atom is -0.365 e. The van der Waals surface area contributed by atoms with E-state index in [1.54, 1.807) is 0 Å². The molecule has 0 amide bonds. The number of ether oxygens (including phenoxy) is 1. The molecule has 0 bridgehead atoms. The molecule has 2 aliphatic carbocycles. The minimum absolute atomic E-state index is 0.253. The van der Waals surface area contributed by atoms with E-state index in [2.05, 4.69) is 30.4 Å². The fourth-order valence-corrected chi connectivity index (χ4v) is 2.02. The van der Waals surface area contributed by atoms with Gasteiger partial charge in [-0.05, 0) is 23.1 Å². The van der Waals surface area contributed by atoms with Crippen LogP contribution in [0.25, 0.3) is 0 Å². The topological polar surface area (TPSA) is 9.23 Å². The molecule has 1 unspecified atom stereocenters. The normalized spacial score (nSPS) is 30.7. The Kier molecular flexibility index (Phi) is 1.18. The minimum atomic E-state index is 0.253. The largest absolute Gasteiger partial charge is 0.365 e. The van der Waals surface area contributed by atoms with Gasteiger partial charge in [0.1, 0.15) is 6.10 Å². The zero-order valence-electron chi connectivity index (χ0n) is 6.79. The molecule has 0 spiro atoms. The summed E-state index contributed by atoms with van der Waals surface area (Å²) < 4.78 is 5.62. The Morgan fingerprint density at radius 3 is 3.25 bits per heavy atom. The molecule has 12 heavy (non-hydrogen) atoms. The van der Waals surface area contributed by atoms with Crippen molar-refractivity contribution in [1.29, 1.82) is 0 Å². The van der Waals surface area contributed by atoms with Gasteiger partial charge in [0, 0.05) is 0 Å². The molecule has 0 saturated heterocycles. The molecule has 1 nitrogen and oxygen atoms in total. The van der Waals surface area contributed by atoms with Crippen molar-refractivity contribution in [3.05, 3.63) is 47.1 Å². The average molecular weight is 158 g/mol. The molecule has 0 fully saturated rings. The van der Waals surface area contributed by atoms with E-state index >= 15 is 0 Å². The van der Waals surface area contributed by atoms with Crippen molar-refractivity contribution < 1.29 is 4.74 Å². The van der Waals surface area contributed by atoms with Gasteiger partial charge >= 0.3 is 0 Å². The highest BCUT2D eigenvalue weighted by Crippen LogP contribution is 2.35. The molecule has 0 radical (unpaired) electrons. The average Bonchev–Trinajstić information content (AvgIpc) is 2.71. The quantitative estimate of drug-likeness (QED) is 0.524.